The van der Waals surface area contributed by atoms with E-state index in [9.17, 15) is 9.59 Å². The van der Waals surface area contributed by atoms with Crippen LogP contribution in [0, 0.1) is 0 Å². The molecule has 0 spiro atoms. The molecule has 0 aliphatic heterocycles. The predicted molar refractivity (Wildman–Crippen MR) is 61.4 cm³/mol. The quantitative estimate of drug-likeness (QED) is 0.563. The molecule has 0 amide bonds. The van der Waals surface area contributed by atoms with Gasteiger partial charge in [-0.2, -0.15) is 0 Å². The maximum absolute atomic E-state index is 10.0. The second-order valence-electron chi connectivity index (χ2n) is 2.79. The molecule has 7 heteroatoms. The molecule has 0 aromatic carbocycles. The average molecular weight is 295 g/mol. The van der Waals surface area contributed by atoms with Crippen LogP contribution in [0.4, 0.5) is 0 Å². The molecule has 0 fully saturated rings. The minimum Gasteiger partial charge on any atom is -0.512 e. The number of hydrogen-bond acceptors (Lipinski definition) is 4. The van der Waals surface area contributed by atoms with Crippen LogP contribution in [0.25, 0.3) is 0 Å². The third kappa shape index (κ3) is 52.3. The topological polar surface area (TPSA) is 138 Å². The Morgan fingerprint density at radius 3 is 0.941 bits per heavy atom. The Labute approximate surface area is 111 Å². The number of aliphatic hydroxyl groups is 2. The monoisotopic (exact) mass is 295 g/mol. The summed E-state index contributed by atoms with van der Waals surface area (Å²) in [4.78, 5) is 20.0. The number of carbonyl (C=O) groups is 2. The van der Waals surface area contributed by atoms with Gasteiger partial charge in [0, 0.05) is 28.9 Å². The van der Waals surface area contributed by atoms with Gasteiger partial charge in [-0.25, -0.2) is 0 Å². The first kappa shape index (κ1) is 29.7. The van der Waals surface area contributed by atoms with Crippen LogP contribution in [0.15, 0.2) is 23.7 Å². The number of carbonyl (C=O) groups excluding carboxylic acids is 2. The fourth-order valence-electron chi connectivity index (χ4n) is 0.588. The zero-order valence-corrected chi connectivity index (χ0v) is 11.2. The van der Waals surface area contributed by atoms with Gasteiger partial charge in [0.05, 0.1) is 11.5 Å². The summed E-state index contributed by atoms with van der Waals surface area (Å²) in [6.07, 6.45) is 2.33. The summed E-state index contributed by atoms with van der Waals surface area (Å²) in [5.41, 5.74) is 0. The molecule has 1 radical (unpaired) electrons. The van der Waals surface area contributed by atoms with E-state index in [1.165, 1.54) is 39.8 Å². The van der Waals surface area contributed by atoms with E-state index in [0.717, 1.165) is 0 Å². The molecule has 0 unspecified atom stereocenters. The maximum atomic E-state index is 10.0. The number of ketones is 2. The van der Waals surface area contributed by atoms with Crippen molar-refractivity contribution in [3.05, 3.63) is 23.7 Å². The van der Waals surface area contributed by atoms with Crippen molar-refractivity contribution < 1.29 is 47.5 Å². The van der Waals surface area contributed by atoms with Gasteiger partial charge in [-0.3, -0.25) is 9.59 Å². The summed E-state index contributed by atoms with van der Waals surface area (Å²) in [7, 11) is 0. The van der Waals surface area contributed by atoms with Crippen LogP contribution in [-0.4, -0.2) is 32.7 Å². The second-order valence-corrected chi connectivity index (χ2v) is 2.79. The Bertz CT molecular complexity index is 234. The third-order valence-electron chi connectivity index (χ3n) is 0.824. The van der Waals surface area contributed by atoms with Crippen molar-refractivity contribution in [1.82, 2.24) is 0 Å². The standard InChI is InChI=1S/2C5H8O2.Co.2H2O/c2*1-4(6)3-5(2)7;;;/h2*3,6H,1-2H3;;2*1H2. The zero-order chi connectivity index (χ0) is 11.7. The Morgan fingerprint density at radius 1 is 0.765 bits per heavy atom. The fraction of sp³-hybridized carbons (Fsp3) is 0.400. The molecule has 6 nitrogen and oxygen atoms in total. The minimum atomic E-state index is -0.125. The molecule has 0 aliphatic carbocycles. The molecule has 0 atom stereocenters. The van der Waals surface area contributed by atoms with Gasteiger partial charge in [-0.15, -0.1) is 0 Å². The number of rotatable bonds is 2. The summed E-state index contributed by atoms with van der Waals surface area (Å²) in [6, 6.07) is 0. The van der Waals surface area contributed by atoms with E-state index in [1.807, 2.05) is 0 Å². The summed E-state index contributed by atoms with van der Waals surface area (Å²) in [5, 5.41) is 16.7. The molecule has 105 valence electrons. The summed E-state index contributed by atoms with van der Waals surface area (Å²) in [5.74, 6) is -0.125. The van der Waals surface area contributed by atoms with Crippen LogP contribution in [-0.2, 0) is 26.4 Å². The largest absolute Gasteiger partial charge is 0.512 e. The van der Waals surface area contributed by atoms with E-state index in [1.54, 1.807) is 0 Å². The Hall–Kier alpha value is -1.15. The molecule has 17 heavy (non-hydrogen) atoms. The fourth-order valence-corrected chi connectivity index (χ4v) is 0.588. The molecule has 0 bridgehead atoms. The van der Waals surface area contributed by atoms with Crippen LogP contribution >= 0.6 is 0 Å². The first-order valence-electron chi connectivity index (χ1n) is 4.01. The normalized spacial score (nSPS) is 9.41. The SMILES string of the molecule is CC(=O)C=C(C)O.CC(=O)C=C(C)O.O.O.[Co]. The third-order valence-corrected chi connectivity index (χ3v) is 0.824. The number of hydrogen-bond donors (Lipinski definition) is 2. The molecule has 0 aliphatic rings. The van der Waals surface area contributed by atoms with Crippen LogP contribution in [0.1, 0.15) is 27.7 Å². The van der Waals surface area contributed by atoms with Crippen molar-refractivity contribution in [1.29, 1.82) is 0 Å². The Kier molecular flexibility index (Phi) is 30.1. The molecule has 6 N–H and O–H groups in total. The smallest absolute Gasteiger partial charge is 0.155 e. The predicted octanol–water partition coefficient (Wildman–Crippen LogP) is 0.422. The van der Waals surface area contributed by atoms with E-state index < -0.39 is 0 Å². The molecule has 0 saturated carbocycles. The van der Waals surface area contributed by atoms with Crippen molar-refractivity contribution in [2.24, 2.45) is 0 Å². The van der Waals surface area contributed by atoms with Crippen molar-refractivity contribution in [2.45, 2.75) is 27.7 Å². The summed E-state index contributed by atoms with van der Waals surface area (Å²) < 4.78 is 0. The molecule has 0 saturated heterocycles. The first-order chi connectivity index (χ1) is 6.25. The van der Waals surface area contributed by atoms with E-state index in [-0.39, 0.29) is 50.8 Å². The first-order valence-corrected chi connectivity index (χ1v) is 4.01. The van der Waals surface area contributed by atoms with Crippen molar-refractivity contribution >= 4 is 11.6 Å². The van der Waals surface area contributed by atoms with Gasteiger partial charge in [-0.05, 0) is 27.7 Å². The summed E-state index contributed by atoms with van der Waals surface area (Å²) >= 11 is 0. The minimum absolute atomic E-state index is 0. The number of aliphatic hydroxyl groups excluding tert-OH is 2. The molecule has 0 aromatic rings. The second kappa shape index (κ2) is 17.2. The van der Waals surface area contributed by atoms with Gasteiger partial charge in [0.2, 0.25) is 0 Å². The maximum Gasteiger partial charge on any atom is 0.155 e. The van der Waals surface area contributed by atoms with Gasteiger partial charge in [0.15, 0.2) is 11.6 Å². The zero-order valence-electron chi connectivity index (χ0n) is 10.2. The van der Waals surface area contributed by atoms with Crippen LogP contribution < -0.4 is 0 Å². The van der Waals surface area contributed by atoms with Crippen molar-refractivity contribution in [3.8, 4) is 0 Å². The van der Waals surface area contributed by atoms with Gasteiger partial charge >= 0.3 is 0 Å². The Balaban J connectivity index is -0.0000000480. The van der Waals surface area contributed by atoms with Crippen LogP contribution in [0.2, 0.25) is 0 Å². The molecule has 0 heterocycles. The van der Waals surface area contributed by atoms with E-state index in [0.29, 0.717) is 0 Å². The van der Waals surface area contributed by atoms with Gasteiger partial charge < -0.3 is 21.2 Å². The average Bonchev–Trinajstić information content (AvgIpc) is 1.79. The van der Waals surface area contributed by atoms with Gasteiger partial charge in [0.1, 0.15) is 0 Å². The Morgan fingerprint density at radius 2 is 0.941 bits per heavy atom. The van der Waals surface area contributed by atoms with E-state index in [4.69, 9.17) is 10.2 Å². The molecule has 0 aromatic heterocycles. The van der Waals surface area contributed by atoms with E-state index >= 15 is 0 Å². The van der Waals surface area contributed by atoms with Crippen LogP contribution in [0.5, 0.6) is 0 Å². The van der Waals surface area contributed by atoms with Crippen molar-refractivity contribution in [2.75, 3.05) is 0 Å². The molecular formula is C10H20CoO6. The van der Waals surface area contributed by atoms with Gasteiger partial charge in [0.25, 0.3) is 0 Å². The molecular weight excluding hydrogens is 275 g/mol. The molecule has 0 rings (SSSR count). The van der Waals surface area contributed by atoms with Crippen molar-refractivity contribution in [3.63, 3.8) is 0 Å². The van der Waals surface area contributed by atoms with E-state index in [2.05, 4.69) is 0 Å². The summed E-state index contributed by atoms with van der Waals surface area (Å²) in [6.45, 7) is 5.70. The van der Waals surface area contributed by atoms with Crippen LogP contribution in [0.3, 0.4) is 0 Å². The van der Waals surface area contributed by atoms with Gasteiger partial charge in [-0.1, -0.05) is 0 Å². The number of allylic oxidation sites excluding steroid dienone is 4.